The van der Waals surface area contributed by atoms with Gasteiger partial charge in [-0.1, -0.05) is 154 Å². The monoisotopic (exact) mass is 774 g/mol. The molecule has 0 aromatic carbocycles. The molecule has 12 heteroatoms. The van der Waals surface area contributed by atoms with E-state index < -0.39 is 57.6 Å². The number of ether oxygens (including phenoxy) is 1. The number of carboxylic acid groups (broad SMARTS) is 1. The number of hydrogen-bond donors (Lipinski definition) is 4. The Morgan fingerprint density at radius 1 is 0.604 bits per heavy atom. The Bertz CT molecular complexity index is 1010. The summed E-state index contributed by atoms with van der Waals surface area (Å²) in [6.45, 7) is 2.55. The minimum atomic E-state index is -4.75. The molecule has 0 aliphatic heterocycles. The Kier molecular flexibility index (Phi) is 35.5. The first-order valence-corrected chi connectivity index (χ1v) is 22.4. The number of carbonyl (C=O) groups is 3. The maximum atomic E-state index is 12.3. The summed E-state index contributed by atoms with van der Waals surface area (Å²) in [5, 5.41) is 21.8. The van der Waals surface area contributed by atoms with Gasteiger partial charge in [-0.05, 0) is 44.9 Å². The Labute approximate surface area is 321 Å². The van der Waals surface area contributed by atoms with Crippen LogP contribution in [0.1, 0.15) is 187 Å². The lowest BCUT2D eigenvalue weighted by molar-refractivity contribution is -0.147. The number of phosphoric ester groups is 1. The summed E-state index contributed by atoms with van der Waals surface area (Å²) in [5.74, 6) is -2.38. The number of aliphatic hydroxyl groups is 1. The molecule has 4 N–H and O–H groups in total. The Morgan fingerprint density at radius 2 is 1.04 bits per heavy atom. The zero-order chi connectivity index (χ0) is 39.3. The zero-order valence-electron chi connectivity index (χ0n) is 33.3. The number of rotatable bonds is 39. The molecule has 0 aromatic rings. The number of aliphatic hydroxyl groups excluding tert-OH is 1. The maximum absolute atomic E-state index is 12.3. The average molecular weight is 774 g/mol. The van der Waals surface area contributed by atoms with Crippen molar-refractivity contribution in [2.24, 2.45) is 0 Å². The topological polar surface area (TPSA) is 169 Å². The molecule has 0 saturated carbocycles. The van der Waals surface area contributed by atoms with Crippen LogP contribution < -0.4 is 5.32 Å². The van der Waals surface area contributed by atoms with Crippen molar-refractivity contribution in [1.82, 2.24) is 5.32 Å². The lowest BCUT2D eigenvalue weighted by Crippen LogP contribution is -2.43. The van der Waals surface area contributed by atoms with E-state index >= 15 is 0 Å². The van der Waals surface area contributed by atoms with Gasteiger partial charge in [0.15, 0.2) is 6.04 Å². The van der Waals surface area contributed by atoms with Gasteiger partial charge < -0.3 is 25.2 Å². The highest BCUT2D eigenvalue weighted by Gasteiger charge is 2.28. The van der Waals surface area contributed by atoms with E-state index in [1.807, 2.05) is 0 Å². The number of carbonyl (C=O) groups excluding carboxylic acids is 2. The molecule has 0 rings (SSSR count). The summed E-state index contributed by atoms with van der Waals surface area (Å²) in [4.78, 5) is 45.8. The molecule has 310 valence electrons. The Balaban J connectivity index is 3.93. The fraction of sp³-hybridized carbons (Fsp3) is 0.829. The SMILES string of the molecule is CCCCCC/C=C\C/C=C\CCCCCCCC(=O)OCC(O)COP(=O)(O)OCC(NC(=O)CCCCCCCCCCCCCCC)C(=O)O. The molecule has 0 heterocycles. The van der Waals surface area contributed by atoms with Gasteiger partial charge in [-0.15, -0.1) is 0 Å². The molecule has 0 radical (unpaired) electrons. The highest BCUT2D eigenvalue weighted by atomic mass is 31.2. The molecule has 1 amide bonds. The molecule has 0 aliphatic carbocycles. The van der Waals surface area contributed by atoms with Gasteiger partial charge in [-0.2, -0.15) is 0 Å². The quantitative estimate of drug-likeness (QED) is 0.0204. The zero-order valence-corrected chi connectivity index (χ0v) is 34.2. The highest BCUT2D eigenvalue weighted by Crippen LogP contribution is 2.43. The largest absolute Gasteiger partial charge is 0.480 e. The van der Waals surface area contributed by atoms with Gasteiger partial charge in [0.1, 0.15) is 12.7 Å². The van der Waals surface area contributed by atoms with Crippen molar-refractivity contribution in [2.75, 3.05) is 19.8 Å². The molecular weight excluding hydrogens is 697 g/mol. The van der Waals surface area contributed by atoms with Gasteiger partial charge in [0.2, 0.25) is 5.91 Å². The van der Waals surface area contributed by atoms with Gasteiger partial charge in [0.05, 0.1) is 13.2 Å². The molecule has 0 saturated heterocycles. The third-order valence-corrected chi connectivity index (χ3v) is 9.94. The average Bonchev–Trinajstić information content (AvgIpc) is 3.13. The molecule has 0 aromatic heterocycles. The molecule has 0 aliphatic rings. The third-order valence-electron chi connectivity index (χ3n) is 8.99. The van der Waals surface area contributed by atoms with Crippen LogP contribution in [0.3, 0.4) is 0 Å². The van der Waals surface area contributed by atoms with Crippen LogP contribution in [0.2, 0.25) is 0 Å². The van der Waals surface area contributed by atoms with Crippen LogP contribution >= 0.6 is 7.82 Å². The van der Waals surface area contributed by atoms with Gasteiger partial charge >= 0.3 is 19.8 Å². The van der Waals surface area contributed by atoms with E-state index in [-0.39, 0.29) is 12.8 Å². The number of carboxylic acids is 1. The lowest BCUT2D eigenvalue weighted by Gasteiger charge is -2.18. The van der Waals surface area contributed by atoms with Crippen molar-refractivity contribution in [3.05, 3.63) is 24.3 Å². The third kappa shape index (κ3) is 36.7. The second-order valence-corrected chi connectivity index (χ2v) is 15.6. The van der Waals surface area contributed by atoms with Crippen molar-refractivity contribution in [3.63, 3.8) is 0 Å². The minimum absolute atomic E-state index is 0.148. The number of nitrogens with one attached hydrogen (secondary N) is 1. The highest BCUT2D eigenvalue weighted by molar-refractivity contribution is 7.47. The Hall–Kier alpha value is -2.04. The molecule has 0 bridgehead atoms. The second-order valence-electron chi connectivity index (χ2n) is 14.2. The molecule has 3 atom stereocenters. The smallest absolute Gasteiger partial charge is 0.472 e. The molecular formula is C41H76NO10P. The minimum Gasteiger partial charge on any atom is -0.480 e. The number of phosphoric acid groups is 1. The number of allylic oxidation sites excluding steroid dienone is 4. The standard InChI is InChI=1S/C41H76NO10P/c1-3-5-7-9-11-13-15-17-18-19-21-23-25-27-29-31-33-40(45)50-34-37(43)35-51-53(48,49)52-36-38(41(46)47)42-39(44)32-30-28-26-24-22-20-16-14-12-10-8-6-4-2/h13,15,18-19,37-38,43H,3-12,14,16-17,20-36H2,1-2H3,(H,42,44)(H,46,47)(H,48,49)/b15-13-,19-18-. The fourth-order valence-electron chi connectivity index (χ4n) is 5.70. The normalized spacial score (nSPS) is 14.0. The number of amides is 1. The van der Waals surface area contributed by atoms with Crippen LogP contribution in [0.15, 0.2) is 24.3 Å². The van der Waals surface area contributed by atoms with E-state index in [0.717, 1.165) is 57.8 Å². The van der Waals surface area contributed by atoms with Crippen molar-refractivity contribution in [3.8, 4) is 0 Å². The summed E-state index contributed by atoms with van der Waals surface area (Å²) >= 11 is 0. The van der Waals surface area contributed by atoms with E-state index in [2.05, 4.69) is 43.5 Å². The van der Waals surface area contributed by atoms with Crippen LogP contribution in [-0.2, 0) is 32.7 Å². The van der Waals surface area contributed by atoms with Crippen molar-refractivity contribution in [1.29, 1.82) is 0 Å². The van der Waals surface area contributed by atoms with Gasteiger partial charge in [0.25, 0.3) is 0 Å². The molecule has 0 fully saturated rings. The predicted molar refractivity (Wildman–Crippen MR) is 213 cm³/mol. The second kappa shape index (κ2) is 36.9. The van der Waals surface area contributed by atoms with Crippen molar-refractivity contribution >= 4 is 25.7 Å². The van der Waals surface area contributed by atoms with E-state index in [0.29, 0.717) is 12.8 Å². The van der Waals surface area contributed by atoms with Gasteiger partial charge in [-0.25, -0.2) is 9.36 Å². The van der Waals surface area contributed by atoms with Crippen LogP contribution in [0, 0.1) is 0 Å². The first-order chi connectivity index (χ1) is 25.6. The molecule has 0 spiro atoms. The first-order valence-electron chi connectivity index (χ1n) is 20.9. The van der Waals surface area contributed by atoms with Gasteiger partial charge in [-0.3, -0.25) is 18.6 Å². The van der Waals surface area contributed by atoms with E-state index in [9.17, 15) is 34.1 Å². The summed E-state index contributed by atoms with van der Waals surface area (Å²) in [7, 11) is -4.75. The number of unbranched alkanes of at least 4 members (excludes halogenated alkanes) is 21. The van der Waals surface area contributed by atoms with E-state index in [4.69, 9.17) is 13.8 Å². The molecule has 53 heavy (non-hydrogen) atoms. The summed E-state index contributed by atoms with van der Waals surface area (Å²) in [6, 6.07) is -1.54. The Morgan fingerprint density at radius 3 is 1.55 bits per heavy atom. The maximum Gasteiger partial charge on any atom is 0.472 e. The van der Waals surface area contributed by atoms with Crippen molar-refractivity contribution in [2.45, 2.75) is 199 Å². The summed E-state index contributed by atoms with van der Waals surface area (Å²) < 4.78 is 26.8. The summed E-state index contributed by atoms with van der Waals surface area (Å²) in [6.07, 6.45) is 36.3. The van der Waals surface area contributed by atoms with E-state index in [1.54, 1.807) is 0 Å². The van der Waals surface area contributed by atoms with Crippen LogP contribution in [0.25, 0.3) is 0 Å². The van der Waals surface area contributed by atoms with Crippen LogP contribution in [0.4, 0.5) is 0 Å². The number of hydrogen-bond acceptors (Lipinski definition) is 8. The number of esters is 1. The fourth-order valence-corrected chi connectivity index (χ4v) is 6.47. The number of aliphatic carboxylic acids is 1. The summed E-state index contributed by atoms with van der Waals surface area (Å²) in [5.41, 5.74) is 0. The van der Waals surface area contributed by atoms with Crippen LogP contribution in [0.5, 0.6) is 0 Å². The first kappa shape index (κ1) is 51.0. The lowest BCUT2D eigenvalue weighted by atomic mass is 10.0. The molecule has 3 unspecified atom stereocenters. The predicted octanol–water partition coefficient (Wildman–Crippen LogP) is 10.3. The van der Waals surface area contributed by atoms with E-state index in [1.165, 1.54) is 89.9 Å². The van der Waals surface area contributed by atoms with Gasteiger partial charge in [0, 0.05) is 12.8 Å². The van der Waals surface area contributed by atoms with Crippen molar-refractivity contribution < 1.29 is 47.8 Å². The molecule has 11 nitrogen and oxygen atoms in total. The van der Waals surface area contributed by atoms with Crippen LogP contribution in [-0.4, -0.2) is 64.9 Å².